The number of likely N-dealkylation sites (tertiary alicyclic amines) is 1. The Morgan fingerprint density at radius 1 is 1.14 bits per heavy atom. The van der Waals surface area contributed by atoms with Crippen LogP contribution in [-0.2, 0) is 13.2 Å². The Balaban J connectivity index is 1.89. The van der Waals surface area contributed by atoms with Crippen LogP contribution in [-0.4, -0.2) is 23.1 Å². The Bertz CT molecular complexity index is 277. The summed E-state index contributed by atoms with van der Waals surface area (Å²) in [4.78, 5) is 2.41. The highest BCUT2D eigenvalue weighted by Crippen LogP contribution is 2.14. The van der Waals surface area contributed by atoms with E-state index in [2.05, 4.69) is 4.90 Å². The summed E-state index contributed by atoms with van der Waals surface area (Å²) in [7, 11) is 0. The zero-order chi connectivity index (χ0) is 9.80. The number of hydrogen-bond acceptors (Lipinski definition) is 3. The molecule has 1 aliphatic rings. The Hall–Kier alpha value is -0.800. The number of aliphatic hydroxyl groups excluding tert-OH is 1. The van der Waals surface area contributed by atoms with Crippen LogP contribution < -0.4 is 0 Å². The average Bonchev–Trinajstić information content (AvgIpc) is 2.67. The van der Waals surface area contributed by atoms with Crippen molar-refractivity contribution in [2.45, 2.75) is 32.4 Å². The highest BCUT2D eigenvalue weighted by Gasteiger charge is 2.12. The maximum absolute atomic E-state index is 8.85. The van der Waals surface area contributed by atoms with Crippen molar-refractivity contribution < 1.29 is 9.52 Å². The fourth-order valence-corrected chi connectivity index (χ4v) is 1.93. The van der Waals surface area contributed by atoms with E-state index in [4.69, 9.17) is 9.52 Å². The molecule has 1 saturated heterocycles. The maximum Gasteiger partial charge on any atom is 0.129 e. The van der Waals surface area contributed by atoms with Crippen LogP contribution in [0.5, 0.6) is 0 Å². The van der Waals surface area contributed by atoms with Gasteiger partial charge in [-0.15, -0.1) is 0 Å². The molecule has 14 heavy (non-hydrogen) atoms. The van der Waals surface area contributed by atoms with Crippen molar-refractivity contribution in [3.05, 3.63) is 23.7 Å². The monoisotopic (exact) mass is 195 g/mol. The van der Waals surface area contributed by atoms with Gasteiger partial charge >= 0.3 is 0 Å². The fourth-order valence-electron chi connectivity index (χ4n) is 1.93. The summed E-state index contributed by atoms with van der Waals surface area (Å²) in [6, 6.07) is 3.80. The predicted molar refractivity (Wildman–Crippen MR) is 53.8 cm³/mol. The van der Waals surface area contributed by atoms with Gasteiger partial charge in [-0.1, -0.05) is 6.42 Å². The van der Waals surface area contributed by atoms with Gasteiger partial charge in [-0.05, 0) is 38.1 Å². The number of aliphatic hydroxyl groups is 1. The molecule has 1 aliphatic heterocycles. The average molecular weight is 195 g/mol. The molecule has 1 fully saturated rings. The zero-order valence-corrected chi connectivity index (χ0v) is 8.41. The molecule has 0 aliphatic carbocycles. The van der Waals surface area contributed by atoms with Gasteiger partial charge in [-0.2, -0.15) is 0 Å². The predicted octanol–water partition coefficient (Wildman–Crippen LogP) is 1.76. The van der Waals surface area contributed by atoms with Crippen LogP contribution in [0, 0.1) is 0 Å². The molecule has 0 atom stereocenters. The van der Waals surface area contributed by atoms with Crippen molar-refractivity contribution in [2.24, 2.45) is 0 Å². The van der Waals surface area contributed by atoms with Gasteiger partial charge in [-0.3, -0.25) is 4.90 Å². The molecule has 1 aromatic heterocycles. The SMILES string of the molecule is OCc1ccc(CN2CCCCC2)o1. The second-order valence-electron chi connectivity index (χ2n) is 3.86. The van der Waals surface area contributed by atoms with Gasteiger partial charge in [0.05, 0.1) is 6.54 Å². The summed E-state index contributed by atoms with van der Waals surface area (Å²) in [6.45, 7) is 3.24. The minimum Gasteiger partial charge on any atom is -0.462 e. The second-order valence-corrected chi connectivity index (χ2v) is 3.86. The molecule has 3 heteroatoms. The van der Waals surface area contributed by atoms with E-state index in [1.807, 2.05) is 12.1 Å². The highest BCUT2D eigenvalue weighted by molar-refractivity contribution is 5.06. The van der Waals surface area contributed by atoms with Crippen LogP contribution in [0.4, 0.5) is 0 Å². The molecule has 78 valence electrons. The van der Waals surface area contributed by atoms with Crippen LogP contribution in [0.3, 0.4) is 0 Å². The van der Waals surface area contributed by atoms with E-state index in [-0.39, 0.29) is 6.61 Å². The van der Waals surface area contributed by atoms with Gasteiger partial charge in [0.1, 0.15) is 18.1 Å². The van der Waals surface area contributed by atoms with E-state index in [1.54, 1.807) is 0 Å². The van der Waals surface area contributed by atoms with Crippen LogP contribution in [0.2, 0.25) is 0 Å². The summed E-state index contributed by atoms with van der Waals surface area (Å²) in [5.41, 5.74) is 0. The van der Waals surface area contributed by atoms with E-state index in [0.29, 0.717) is 5.76 Å². The van der Waals surface area contributed by atoms with Gasteiger partial charge in [0.15, 0.2) is 0 Å². The lowest BCUT2D eigenvalue weighted by Crippen LogP contribution is -2.28. The summed E-state index contributed by atoms with van der Waals surface area (Å²) in [6.07, 6.45) is 3.96. The van der Waals surface area contributed by atoms with Gasteiger partial charge in [0, 0.05) is 0 Å². The number of piperidine rings is 1. The van der Waals surface area contributed by atoms with Crippen molar-refractivity contribution in [1.29, 1.82) is 0 Å². The Labute approximate surface area is 84.3 Å². The maximum atomic E-state index is 8.85. The quantitative estimate of drug-likeness (QED) is 0.798. The van der Waals surface area contributed by atoms with E-state index in [9.17, 15) is 0 Å². The molecule has 2 heterocycles. The summed E-state index contributed by atoms with van der Waals surface area (Å²) < 4.78 is 5.44. The first-order valence-electron chi connectivity index (χ1n) is 5.29. The first-order chi connectivity index (χ1) is 6.88. The van der Waals surface area contributed by atoms with Gasteiger partial charge in [0.2, 0.25) is 0 Å². The lowest BCUT2D eigenvalue weighted by Gasteiger charge is -2.25. The van der Waals surface area contributed by atoms with E-state index in [1.165, 1.54) is 32.4 Å². The van der Waals surface area contributed by atoms with Gasteiger partial charge in [0.25, 0.3) is 0 Å². The molecule has 0 spiro atoms. The van der Waals surface area contributed by atoms with Gasteiger partial charge in [-0.25, -0.2) is 0 Å². The van der Waals surface area contributed by atoms with Crippen molar-refractivity contribution in [2.75, 3.05) is 13.1 Å². The second kappa shape index (κ2) is 4.62. The lowest BCUT2D eigenvalue weighted by atomic mass is 10.1. The molecular weight excluding hydrogens is 178 g/mol. The van der Waals surface area contributed by atoms with Crippen LogP contribution >= 0.6 is 0 Å². The van der Waals surface area contributed by atoms with Crippen molar-refractivity contribution >= 4 is 0 Å². The molecule has 0 bridgehead atoms. The molecule has 0 saturated carbocycles. The number of nitrogens with zero attached hydrogens (tertiary/aromatic N) is 1. The number of rotatable bonds is 3. The molecular formula is C11H17NO2. The molecule has 3 nitrogen and oxygen atoms in total. The molecule has 0 radical (unpaired) electrons. The Kier molecular flexibility index (Phi) is 3.22. The summed E-state index contributed by atoms with van der Waals surface area (Å²) in [5.74, 6) is 1.63. The summed E-state index contributed by atoms with van der Waals surface area (Å²) in [5, 5.41) is 8.85. The first kappa shape index (κ1) is 9.74. The van der Waals surface area contributed by atoms with Crippen LogP contribution in [0.15, 0.2) is 16.5 Å². The van der Waals surface area contributed by atoms with Crippen LogP contribution in [0.25, 0.3) is 0 Å². The smallest absolute Gasteiger partial charge is 0.129 e. The van der Waals surface area contributed by atoms with E-state index < -0.39 is 0 Å². The molecule has 0 unspecified atom stereocenters. The molecule has 0 aromatic carbocycles. The normalized spacial score (nSPS) is 18.6. The van der Waals surface area contributed by atoms with Crippen molar-refractivity contribution in [1.82, 2.24) is 4.90 Å². The Morgan fingerprint density at radius 2 is 1.86 bits per heavy atom. The minimum atomic E-state index is 0. The van der Waals surface area contributed by atoms with E-state index in [0.717, 1.165) is 12.3 Å². The standard InChI is InChI=1S/C11H17NO2/c13-9-11-5-4-10(14-11)8-12-6-2-1-3-7-12/h4-5,13H,1-3,6-9H2. The summed E-state index contributed by atoms with van der Waals surface area (Å²) >= 11 is 0. The number of furan rings is 1. The molecule has 0 amide bonds. The largest absolute Gasteiger partial charge is 0.462 e. The lowest BCUT2D eigenvalue weighted by molar-refractivity contribution is 0.195. The molecule has 1 aromatic rings. The van der Waals surface area contributed by atoms with Gasteiger partial charge < -0.3 is 9.52 Å². The third-order valence-corrected chi connectivity index (χ3v) is 2.70. The molecule has 1 N–H and O–H groups in total. The third-order valence-electron chi connectivity index (χ3n) is 2.70. The first-order valence-corrected chi connectivity index (χ1v) is 5.29. The zero-order valence-electron chi connectivity index (χ0n) is 8.41. The number of hydrogen-bond donors (Lipinski definition) is 1. The fraction of sp³-hybridized carbons (Fsp3) is 0.636. The van der Waals surface area contributed by atoms with Crippen molar-refractivity contribution in [3.63, 3.8) is 0 Å². The van der Waals surface area contributed by atoms with Crippen LogP contribution in [0.1, 0.15) is 30.8 Å². The van der Waals surface area contributed by atoms with Crippen molar-refractivity contribution in [3.8, 4) is 0 Å². The topological polar surface area (TPSA) is 36.6 Å². The minimum absolute atomic E-state index is 0. The Morgan fingerprint density at radius 3 is 2.50 bits per heavy atom. The third kappa shape index (κ3) is 2.36. The highest BCUT2D eigenvalue weighted by atomic mass is 16.4. The van der Waals surface area contributed by atoms with E-state index >= 15 is 0 Å². The molecule has 2 rings (SSSR count).